The number of ether oxygens (including phenoxy) is 2. The van der Waals surface area contributed by atoms with Crippen molar-refractivity contribution in [3.63, 3.8) is 0 Å². The van der Waals surface area contributed by atoms with Crippen molar-refractivity contribution in [1.82, 2.24) is 10.2 Å². The molecule has 0 fully saturated rings. The molecular formula is C17H22N2O3S. The predicted molar refractivity (Wildman–Crippen MR) is 92.6 cm³/mol. The molecule has 1 aromatic heterocycles. The molecule has 1 N–H and O–H groups in total. The standard InChI is InChI=1S/C17H22N2O3S/c1-19(2)14(16-6-5-9-23-16)11-18-17(20)13-8-7-12(21-3)10-15(13)22-4/h5-10,14H,11H2,1-4H3,(H,18,20)/t14-/m1/s1. The molecule has 0 unspecified atom stereocenters. The highest BCUT2D eigenvalue weighted by Gasteiger charge is 2.18. The molecule has 0 radical (unpaired) electrons. The number of carbonyl (C=O) groups excluding carboxylic acids is 1. The van der Waals surface area contributed by atoms with Crippen molar-refractivity contribution < 1.29 is 14.3 Å². The van der Waals surface area contributed by atoms with Crippen LogP contribution in [0, 0.1) is 0 Å². The van der Waals surface area contributed by atoms with Crippen LogP contribution in [-0.4, -0.2) is 45.7 Å². The molecule has 0 bridgehead atoms. The summed E-state index contributed by atoms with van der Waals surface area (Å²) in [6.07, 6.45) is 0. The van der Waals surface area contributed by atoms with Gasteiger partial charge in [0.2, 0.25) is 0 Å². The van der Waals surface area contributed by atoms with Crippen LogP contribution in [0.3, 0.4) is 0 Å². The lowest BCUT2D eigenvalue weighted by atomic mass is 10.1. The molecule has 1 heterocycles. The SMILES string of the molecule is COc1ccc(C(=O)NC[C@H](c2cccs2)N(C)C)c(OC)c1. The van der Waals surface area contributed by atoms with Crippen molar-refractivity contribution in [1.29, 1.82) is 0 Å². The zero-order chi connectivity index (χ0) is 16.8. The van der Waals surface area contributed by atoms with E-state index in [4.69, 9.17) is 9.47 Å². The van der Waals surface area contributed by atoms with E-state index in [9.17, 15) is 4.79 Å². The zero-order valence-electron chi connectivity index (χ0n) is 13.8. The molecule has 1 atom stereocenters. The van der Waals surface area contributed by atoms with Crippen LogP contribution < -0.4 is 14.8 Å². The van der Waals surface area contributed by atoms with Gasteiger partial charge in [0, 0.05) is 17.5 Å². The molecule has 1 aromatic carbocycles. The molecule has 0 aliphatic carbocycles. The van der Waals surface area contributed by atoms with Crippen LogP contribution in [0.5, 0.6) is 11.5 Å². The summed E-state index contributed by atoms with van der Waals surface area (Å²) in [6, 6.07) is 9.41. The Hall–Kier alpha value is -2.05. The summed E-state index contributed by atoms with van der Waals surface area (Å²) >= 11 is 1.69. The van der Waals surface area contributed by atoms with E-state index >= 15 is 0 Å². The Labute approximate surface area is 140 Å². The van der Waals surface area contributed by atoms with Crippen LogP contribution in [0.1, 0.15) is 21.3 Å². The number of nitrogens with zero attached hydrogens (tertiary/aromatic N) is 1. The third kappa shape index (κ3) is 4.24. The molecule has 0 saturated carbocycles. The van der Waals surface area contributed by atoms with Crippen LogP contribution in [0.25, 0.3) is 0 Å². The molecule has 6 heteroatoms. The van der Waals surface area contributed by atoms with Gasteiger partial charge in [0.1, 0.15) is 11.5 Å². The third-order valence-corrected chi connectivity index (χ3v) is 4.58. The Balaban J connectivity index is 2.09. The number of amides is 1. The maximum atomic E-state index is 12.5. The van der Waals surface area contributed by atoms with Crippen molar-refractivity contribution in [3.8, 4) is 11.5 Å². The molecule has 1 amide bonds. The van der Waals surface area contributed by atoms with Gasteiger partial charge in [-0.05, 0) is 37.7 Å². The van der Waals surface area contributed by atoms with Crippen molar-refractivity contribution in [3.05, 3.63) is 46.2 Å². The number of hydrogen-bond acceptors (Lipinski definition) is 5. The zero-order valence-corrected chi connectivity index (χ0v) is 14.6. The fourth-order valence-corrected chi connectivity index (χ4v) is 3.21. The largest absolute Gasteiger partial charge is 0.497 e. The van der Waals surface area contributed by atoms with Gasteiger partial charge >= 0.3 is 0 Å². The third-order valence-electron chi connectivity index (χ3n) is 3.60. The van der Waals surface area contributed by atoms with Gasteiger partial charge in [-0.15, -0.1) is 11.3 Å². The maximum Gasteiger partial charge on any atom is 0.255 e. The van der Waals surface area contributed by atoms with Crippen LogP contribution in [0.15, 0.2) is 35.7 Å². The van der Waals surface area contributed by atoms with Crippen molar-refractivity contribution >= 4 is 17.2 Å². The second kappa shape index (κ2) is 7.99. The minimum Gasteiger partial charge on any atom is -0.497 e. The number of methoxy groups -OCH3 is 2. The van der Waals surface area contributed by atoms with E-state index in [1.165, 1.54) is 4.88 Å². The van der Waals surface area contributed by atoms with Crippen LogP contribution in [0.4, 0.5) is 0 Å². The summed E-state index contributed by atoms with van der Waals surface area (Å²) in [7, 11) is 7.13. The molecule has 2 aromatic rings. The fourth-order valence-electron chi connectivity index (χ4n) is 2.29. The monoisotopic (exact) mass is 334 g/mol. The minimum atomic E-state index is -0.159. The lowest BCUT2D eigenvalue weighted by Gasteiger charge is -2.23. The summed E-state index contributed by atoms with van der Waals surface area (Å²) in [6.45, 7) is 0.529. The topological polar surface area (TPSA) is 50.8 Å². The molecule has 5 nitrogen and oxygen atoms in total. The Morgan fingerprint density at radius 1 is 1.26 bits per heavy atom. The lowest BCUT2D eigenvalue weighted by Crippen LogP contribution is -2.34. The van der Waals surface area contributed by atoms with E-state index in [1.54, 1.807) is 43.8 Å². The first-order chi connectivity index (χ1) is 11.1. The number of hydrogen-bond donors (Lipinski definition) is 1. The predicted octanol–water partition coefficient (Wildman–Crippen LogP) is 2.80. The lowest BCUT2D eigenvalue weighted by molar-refractivity contribution is 0.0939. The number of rotatable bonds is 7. The molecule has 0 saturated heterocycles. The number of carbonyl (C=O) groups is 1. The number of benzene rings is 1. The summed E-state index contributed by atoms with van der Waals surface area (Å²) in [4.78, 5) is 15.8. The molecule has 0 aliphatic heterocycles. The normalized spacial score (nSPS) is 12.0. The number of nitrogens with one attached hydrogen (secondary N) is 1. The van der Waals surface area contributed by atoms with E-state index in [2.05, 4.69) is 16.3 Å². The summed E-state index contributed by atoms with van der Waals surface area (Å²) in [5.41, 5.74) is 0.497. The van der Waals surface area contributed by atoms with Crippen LogP contribution in [-0.2, 0) is 0 Å². The highest BCUT2D eigenvalue weighted by Crippen LogP contribution is 2.25. The summed E-state index contributed by atoms with van der Waals surface area (Å²) in [5.74, 6) is 0.996. The molecule has 0 aliphatic rings. The van der Waals surface area contributed by atoms with E-state index in [1.807, 2.05) is 25.5 Å². The first-order valence-corrected chi connectivity index (χ1v) is 8.14. The van der Waals surface area contributed by atoms with Crippen molar-refractivity contribution in [2.75, 3.05) is 34.9 Å². The van der Waals surface area contributed by atoms with Gasteiger partial charge in [-0.2, -0.15) is 0 Å². The highest BCUT2D eigenvalue weighted by atomic mass is 32.1. The second-order valence-corrected chi connectivity index (χ2v) is 6.25. The molecule has 23 heavy (non-hydrogen) atoms. The van der Waals surface area contributed by atoms with E-state index < -0.39 is 0 Å². The van der Waals surface area contributed by atoms with Gasteiger partial charge in [-0.25, -0.2) is 0 Å². The van der Waals surface area contributed by atoms with E-state index in [-0.39, 0.29) is 11.9 Å². The summed E-state index contributed by atoms with van der Waals surface area (Å²) in [5, 5.41) is 5.03. The van der Waals surface area contributed by atoms with Gasteiger partial charge in [0.05, 0.1) is 25.8 Å². The Morgan fingerprint density at radius 3 is 2.61 bits per heavy atom. The molecule has 2 rings (SSSR count). The Kier molecular flexibility index (Phi) is 6.01. The smallest absolute Gasteiger partial charge is 0.255 e. The summed E-state index contributed by atoms with van der Waals surface area (Å²) < 4.78 is 10.4. The van der Waals surface area contributed by atoms with Gasteiger partial charge < -0.3 is 19.7 Å². The van der Waals surface area contributed by atoms with Crippen molar-refractivity contribution in [2.24, 2.45) is 0 Å². The van der Waals surface area contributed by atoms with Gasteiger partial charge in [0.15, 0.2) is 0 Å². The fraction of sp³-hybridized carbons (Fsp3) is 0.353. The van der Waals surface area contributed by atoms with Crippen LogP contribution >= 0.6 is 11.3 Å². The van der Waals surface area contributed by atoms with E-state index in [0.717, 1.165) is 0 Å². The van der Waals surface area contributed by atoms with Crippen LogP contribution in [0.2, 0.25) is 0 Å². The average Bonchev–Trinajstić information content (AvgIpc) is 3.08. The number of thiophene rings is 1. The van der Waals surface area contributed by atoms with Crippen molar-refractivity contribution in [2.45, 2.75) is 6.04 Å². The van der Waals surface area contributed by atoms with Gasteiger partial charge in [-0.1, -0.05) is 6.07 Å². The Morgan fingerprint density at radius 2 is 2.04 bits per heavy atom. The first kappa shape index (κ1) is 17.3. The number of likely N-dealkylation sites (N-methyl/N-ethyl adjacent to an activating group) is 1. The average molecular weight is 334 g/mol. The first-order valence-electron chi connectivity index (χ1n) is 7.27. The quantitative estimate of drug-likeness (QED) is 0.846. The molecular weight excluding hydrogens is 312 g/mol. The highest BCUT2D eigenvalue weighted by molar-refractivity contribution is 7.10. The molecule has 0 spiro atoms. The maximum absolute atomic E-state index is 12.5. The van der Waals surface area contributed by atoms with Gasteiger partial charge in [-0.3, -0.25) is 4.79 Å². The minimum absolute atomic E-state index is 0.142. The van der Waals surface area contributed by atoms with E-state index in [0.29, 0.717) is 23.6 Å². The van der Waals surface area contributed by atoms with Gasteiger partial charge in [0.25, 0.3) is 5.91 Å². The Bertz CT molecular complexity index is 641. The second-order valence-electron chi connectivity index (χ2n) is 5.27. The molecule has 124 valence electrons.